The Labute approximate surface area is 210 Å². The summed E-state index contributed by atoms with van der Waals surface area (Å²) in [6.07, 6.45) is 2.57. The average molecular weight is 473 g/mol. The molecule has 0 saturated carbocycles. The first-order chi connectivity index (χ1) is 17.6. The van der Waals surface area contributed by atoms with Gasteiger partial charge in [-0.05, 0) is 57.6 Å². The third-order valence-electron chi connectivity index (χ3n) is 6.88. The van der Waals surface area contributed by atoms with Gasteiger partial charge in [-0.3, -0.25) is 0 Å². The molecule has 1 aliphatic carbocycles. The van der Waals surface area contributed by atoms with Crippen LogP contribution in [0.4, 0.5) is 0 Å². The Hall–Kier alpha value is -4.41. The number of carbonyl (C=O) groups is 1. The van der Waals surface area contributed by atoms with Crippen LogP contribution in [0, 0.1) is 0 Å². The molecule has 2 atom stereocenters. The van der Waals surface area contributed by atoms with Crippen molar-refractivity contribution in [1.82, 2.24) is 0 Å². The van der Waals surface area contributed by atoms with Gasteiger partial charge in [-0.25, -0.2) is 4.79 Å². The van der Waals surface area contributed by atoms with Gasteiger partial charge in [0.1, 0.15) is 17.6 Å². The molecule has 1 aliphatic heterocycles. The highest BCUT2D eigenvalue weighted by molar-refractivity contribution is 5.86. The first kappa shape index (κ1) is 22.1. The van der Waals surface area contributed by atoms with E-state index in [1.54, 1.807) is 6.08 Å². The first-order valence-corrected chi connectivity index (χ1v) is 11.8. The summed E-state index contributed by atoms with van der Waals surface area (Å²) >= 11 is 0. The number of epoxide rings is 1. The number of benzene rings is 4. The Morgan fingerprint density at radius 2 is 1.28 bits per heavy atom. The summed E-state index contributed by atoms with van der Waals surface area (Å²) in [4.78, 5) is 11.7. The van der Waals surface area contributed by atoms with Crippen LogP contribution in [0.2, 0.25) is 0 Å². The second-order valence-corrected chi connectivity index (χ2v) is 8.84. The monoisotopic (exact) mass is 472 g/mol. The van der Waals surface area contributed by atoms with Gasteiger partial charge in [0.2, 0.25) is 6.29 Å². The smallest absolute Gasteiger partial charge is 0.335 e. The summed E-state index contributed by atoms with van der Waals surface area (Å²) in [5.41, 5.74) is 6.45. The van der Waals surface area contributed by atoms with E-state index < -0.39 is 11.4 Å². The van der Waals surface area contributed by atoms with E-state index in [9.17, 15) is 4.79 Å². The quantitative estimate of drug-likeness (QED) is 0.0900. The largest absolute Gasteiger partial charge is 0.462 e. The number of hydrogen-bond acceptors (Lipinski definition) is 4. The topological polar surface area (TPSA) is 48.1 Å². The molecule has 1 fully saturated rings. The van der Waals surface area contributed by atoms with Gasteiger partial charge in [-0.15, -0.1) is 6.58 Å². The maximum absolute atomic E-state index is 11.7. The lowest BCUT2D eigenvalue weighted by Gasteiger charge is -2.34. The number of ether oxygens (including phenoxy) is 3. The van der Waals surface area contributed by atoms with Crippen LogP contribution < -0.4 is 9.47 Å². The van der Waals surface area contributed by atoms with E-state index in [0.717, 1.165) is 23.0 Å². The molecule has 0 spiro atoms. The minimum Gasteiger partial charge on any atom is -0.462 e. The van der Waals surface area contributed by atoms with Gasteiger partial charge in [-0.1, -0.05) is 85.5 Å². The van der Waals surface area contributed by atoms with Gasteiger partial charge in [-0.2, -0.15) is 0 Å². The average Bonchev–Trinajstić information content (AvgIpc) is 3.62. The molecule has 1 saturated heterocycles. The number of esters is 1. The normalized spacial score (nSPS) is 18.4. The van der Waals surface area contributed by atoms with Crippen LogP contribution >= 0.6 is 0 Å². The number of fused-ring (bicyclic) bond motifs is 3. The maximum atomic E-state index is 11.7. The summed E-state index contributed by atoms with van der Waals surface area (Å²) in [7, 11) is 0. The molecule has 4 nitrogen and oxygen atoms in total. The predicted molar refractivity (Wildman–Crippen MR) is 139 cm³/mol. The summed E-state index contributed by atoms with van der Waals surface area (Å²) in [5.74, 6) is 0.737. The molecule has 2 unspecified atom stereocenters. The zero-order chi connectivity index (χ0) is 24.7. The van der Waals surface area contributed by atoms with Crippen molar-refractivity contribution in [3.05, 3.63) is 145 Å². The SMILES string of the molecule is C=CC(=O)Oc1ccc(C2(c3ccc(OC4OC4C=C)cc3)c3ccccc3-c3ccccc32)cc1. The van der Waals surface area contributed by atoms with Crippen LogP contribution in [0.5, 0.6) is 11.5 Å². The van der Waals surface area contributed by atoms with Crippen molar-refractivity contribution < 1.29 is 19.0 Å². The third-order valence-corrected chi connectivity index (χ3v) is 6.88. The molecular weight excluding hydrogens is 448 g/mol. The van der Waals surface area contributed by atoms with E-state index in [2.05, 4.69) is 73.8 Å². The Morgan fingerprint density at radius 1 is 0.750 bits per heavy atom. The lowest BCUT2D eigenvalue weighted by atomic mass is 9.68. The fourth-order valence-electron chi connectivity index (χ4n) is 5.24. The van der Waals surface area contributed by atoms with Crippen molar-refractivity contribution in [2.45, 2.75) is 17.8 Å². The maximum Gasteiger partial charge on any atom is 0.335 e. The van der Waals surface area contributed by atoms with Crippen LogP contribution in [0.1, 0.15) is 22.3 Å². The minimum atomic E-state index is -0.549. The van der Waals surface area contributed by atoms with Gasteiger partial charge in [0.25, 0.3) is 0 Å². The first-order valence-electron chi connectivity index (χ1n) is 11.8. The summed E-state index contributed by atoms with van der Waals surface area (Å²) < 4.78 is 16.7. The van der Waals surface area contributed by atoms with Crippen LogP contribution in [0.15, 0.2) is 122 Å². The molecule has 6 rings (SSSR count). The summed E-state index contributed by atoms with van der Waals surface area (Å²) in [6.45, 7) is 7.23. The van der Waals surface area contributed by atoms with E-state index in [1.807, 2.05) is 36.4 Å². The highest BCUT2D eigenvalue weighted by Gasteiger charge is 2.46. The highest BCUT2D eigenvalue weighted by atomic mass is 16.8. The summed E-state index contributed by atoms with van der Waals surface area (Å²) in [6, 6.07) is 33.0. The molecule has 0 amide bonds. The van der Waals surface area contributed by atoms with Gasteiger partial charge >= 0.3 is 5.97 Å². The molecule has 4 aromatic carbocycles. The fourth-order valence-corrected chi connectivity index (χ4v) is 5.24. The molecule has 2 aliphatic rings. The zero-order valence-electron chi connectivity index (χ0n) is 19.6. The number of carbonyl (C=O) groups excluding carboxylic acids is 1. The second-order valence-electron chi connectivity index (χ2n) is 8.84. The standard InChI is InChI=1S/C32H24O4/c1-3-29-31(36-29)35-24-19-15-22(16-20-24)32(21-13-17-23(18-14-21)34-30(33)4-2)27-11-7-5-9-25(27)26-10-6-8-12-28(26)32/h3-20,29,31H,1-2H2. The highest BCUT2D eigenvalue weighted by Crippen LogP contribution is 2.56. The molecular formula is C32H24O4. The van der Waals surface area contributed by atoms with Gasteiger partial charge < -0.3 is 14.2 Å². The van der Waals surface area contributed by atoms with Crippen molar-refractivity contribution in [3.63, 3.8) is 0 Å². The second kappa shape index (κ2) is 8.67. The van der Waals surface area contributed by atoms with Gasteiger partial charge in [0.05, 0.1) is 5.41 Å². The Kier molecular flexibility index (Phi) is 5.32. The van der Waals surface area contributed by atoms with Crippen LogP contribution in [0.25, 0.3) is 11.1 Å². The lowest BCUT2D eigenvalue weighted by Crippen LogP contribution is -2.28. The number of rotatable bonds is 7. The predicted octanol–water partition coefficient (Wildman–Crippen LogP) is 6.43. The van der Waals surface area contributed by atoms with Crippen LogP contribution in [-0.2, 0) is 14.9 Å². The lowest BCUT2D eigenvalue weighted by molar-refractivity contribution is -0.128. The van der Waals surface area contributed by atoms with E-state index in [0.29, 0.717) is 5.75 Å². The molecule has 4 aromatic rings. The van der Waals surface area contributed by atoms with E-state index in [-0.39, 0.29) is 12.4 Å². The molecule has 176 valence electrons. The molecule has 0 radical (unpaired) electrons. The van der Waals surface area contributed by atoms with Gasteiger partial charge in [0, 0.05) is 6.08 Å². The Morgan fingerprint density at radius 3 is 1.78 bits per heavy atom. The molecule has 4 heteroatoms. The van der Waals surface area contributed by atoms with Crippen LogP contribution in [-0.4, -0.2) is 18.4 Å². The van der Waals surface area contributed by atoms with E-state index >= 15 is 0 Å². The number of hydrogen-bond donors (Lipinski definition) is 0. The van der Waals surface area contributed by atoms with Crippen molar-refractivity contribution in [2.75, 3.05) is 0 Å². The summed E-state index contributed by atoms with van der Waals surface area (Å²) in [5, 5.41) is 0. The molecule has 0 N–H and O–H groups in total. The van der Waals surface area contributed by atoms with Gasteiger partial charge in [0.15, 0.2) is 0 Å². The molecule has 0 aromatic heterocycles. The van der Waals surface area contributed by atoms with E-state index in [1.165, 1.54) is 22.3 Å². The molecule has 1 heterocycles. The third kappa shape index (κ3) is 3.46. The van der Waals surface area contributed by atoms with Crippen molar-refractivity contribution >= 4 is 5.97 Å². The minimum absolute atomic E-state index is 0.0571. The van der Waals surface area contributed by atoms with E-state index in [4.69, 9.17) is 14.2 Å². The zero-order valence-corrected chi connectivity index (χ0v) is 19.6. The van der Waals surface area contributed by atoms with Crippen molar-refractivity contribution in [2.24, 2.45) is 0 Å². The van der Waals surface area contributed by atoms with Crippen molar-refractivity contribution in [3.8, 4) is 22.6 Å². The fraction of sp³-hybridized carbons (Fsp3) is 0.0938. The Bertz CT molecular complexity index is 1420. The molecule has 36 heavy (non-hydrogen) atoms. The van der Waals surface area contributed by atoms with Crippen LogP contribution in [0.3, 0.4) is 0 Å². The Balaban J connectivity index is 1.51. The van der Waals surface area contributed by atoms with Crippen molar-refractivity contribution in [1.29, 1.82) is 0 Å². The molecule has 0 bridgehead atoms.